The Morgan fingerprint density at radius 2 is 2.15 bits per heavy atom. The van der Waals surface area contributed by atoms with Crippen LogP contribution in [-0.4, -0.2) is 24.0 Å². The van der Waals surface area contributed by atoms with Gasteiger partial charge in [-0.1, -0.05) is 24.3 Å². The van der Waals surface area contributed by atoms with E-state index in [2.05, 4.69) is 29.2 Å². The first kappa shape index (κ1) is 11.3. The predicted molar refractivity (Wildman–Crippen MR) is 74.0 cm³/mol. The van der Waals surface area contributed by atoms with Gasteiger partial charge in [0.2, 0.25) is 5.91 Å². The molecule has 2 aliphatic heterocycles. The van der Waals surface area contributed by atoms with Crippen LogP contribution < -0.4 is 0 Å². The molecule has 5 rings (SSSR count). The molecule has 2 aliphatic carbocycles. The SMILES string of the molecule is O=C1[C@H]2CC[C@@H]3C[C@H]2[C@@]2(OCCCN12)c1ccccc13. The number of fused-ring (bicyclic) bond motifs is 3. The van der Waals surface area contributed by atoms with Crippen molar-refractivity contribution in [2.75, 3.05) is 13.2 Å². The highest BCUT2D eigenvalue weighted by atomic mass is 16.5. The van der Waals surface area contributed by atoms with Crippen LogP contribution in [0.5, 0.6) is 0 Å². The van der Waals surface area contributed by atoms with Gasteiger partial charge in [0.25, 0.3) is 0 Å². The lowest BCUT2D eigenvalue weighted by Gasteiger charge is -2.51. The molecule has 0 aromatic heterocycles. The van der Waals surface area contributed by atoms with Crippen LogP contribution in [0.3, 0.4) is 0 Å². The molecule has 0 unspecified atom stereocenters. The van der Waals surface area contributed by atoms with Crippen LogP contribution in [0.25, 0.3) is 0 Å². The molecule has 1 aromatic rings. The van der Waals surface area contributed by atoms with Crippen molar-refractivity contribution in [2.45, 2.75) is 37.3 Å². The summed E-state index contributed by atoms with van der Waals surface area (Å²) in [5.41, 5.74) is 2.30. The third kappa shape index (κ3) is 1.11. The summed E-state index contributed by atoms with van der Waals surface area (Å²) in [5, 5.41) is 0. The van der Waals surface area contributed by atoms with E-state index in [1.54, 1.807) is 0 Å². The van der Waals surface area contributed by atoms with Crippen LogP contribution in [0.1, 0.15) is 42.7 Å². The lowest BCUT2D eigenvalue weighted by molar-refractivity contribution is -0.207. The molecule has 2 bridgehead atoms. The minimum absolute atomic E-state index is 0.206. The fraction of sp³-hybridized carbons (Fsp3) is 0.588. The number of nitrogens with zero attached hydrogens (tertiary/aromatic N) is 1. The molecular weight excluding hydrogens is 250 g/mol. The quantitative estimate of drug-likeness (QED) is 0.724. The van der Waals surface area contributed by atoms with Crippen LogP contribution in [0, 0.1) is 11.8 Å². The Labute approximate surface area is 118 Å². The first-order valence-electron chi connectivity index (χ1n) is 7.87. The van der Waals surface area contributed by atoms with Gasteiger partial charge in [0.05, 0.1) is 6.61 Å². The number of amides is 1. The Hall–Kier alpha value is -1.35. The van der Waals surface area contributed by atoms with E-state index in [0.29, 0.717) is 17.7 Å². The van der Waals surface area contributed by atoms with Crippen LogP contribution in [0.15, 0.2) is 24.3 Å². The molecule has 1 spiro atoms. The number of carbonyl (C=O) groups is 1. The minimum Gasteiger partial charge on any atom is -0.351 e. The number of benzene rings is 1. The molecule has 4 aliphatic rings. The smallest absolute Gasteiger partial charge is 0.228 e. The third-order valence-electron chi connectivity index (χ3n) is 5.97. The van der Waals surface area contributed by atoms with Gasteiger partial charge in [-0.15, -0.1) is 0 Å². The minimum atomic E-state index is -0.423. The van der Waals surface area contributed by atoms with E-state index in [1.807, 2.05) is 0 Å². The average Bonchev–Trinajstić information content (AvgIpc) is 2.80. The zero-order valence-corrected chi connectivity index (χ0v) is 11.5. The van der Waals surface area contributed by atoms with Crippen molar-refractivity contribution in [3.8, 4) is 0 Å². The molecule has 0 radical (unpaired) electrons. The molecule has 2 heterocycles. The van der Waals surface area contributed by atoms with E-state index in [-0.39, 0.29) is 5.92 Å². The second-order valence-corrected chi connectivity index (χ2v) is 6.70. The second kappa shape index (κ2) is 3.64. The lowest BCUT2D eigenvalue weighted by atomic mass is 9.62. The summed E-state index contributed by atoms with van der Waals surface area (Å²) in [6.45, 7) is 1.65. The van der Waals surface area contributed by atoms with Crippen LogP contribution in [0.4, 0.5) is 0 Å². The second-order valence-electron chi connectivity index (χ2n) is 6.70. The van der Waals surface area contributed by atoms with Crippen molar-refractivity contribution in [3.05, 3.63) is 35.4 Å². The molecular formula is C17H19NO2. The Morgan fingerprint density at radius 3 is 3.10 bits per heavy atom. The Morgan fingerprint density at radius 1 is 1.25 bits per heavy atom. The van der Waals surface area contributed by atoms with Gasteiger partial charge in [-0.25, -0.2) is 0 Å². The Bertz CT molecular complexity index is 598. The first-order valence-corrected chi connectivity index (χ1v) is 7.87. The third-order valence-corrected chi connectivity index (χ3v) is 5.97. The van der Waals surface area contributed by atoms with E-state index < -0.39 is 5.72 Å². The topological polar surface area (TPSA) is 29.5 Å². The van der Waals surface area contributed by atoms with Crippen molar-refractivity contribution in [1.82, 2.24) is 4.90 Å². The zero-order valence-electron chi connectivity index (χ0n) is 11.5. The highest BCUT2D eigenvalue weighted by Gasteiger charge is 2.65. The molecule has 1 saturated carbocycles. The van der Waals surface area contributed by atoms with Crippen LogP contribution in [0.2, 0.25) is 0 Å². The van der Waals surface area contributed by atoms with E-state index >= 15 is 0 Å². The van der Waals surface area contributed by atoms with Gasteiger partial charge in [-0.3, -0.25) is 4.79 Å². The van der Waals surface area contributed by atoms with E-state index in [0.717, 1.165) is 38.8 Å². The van der Waals surface area contributed by atoms with E-state index in [4.69, 9.17) is 4.74 Å². The summed E-state index contributed by atoms with van der Waals surface area (Å²) in [4.78, 5) is 14.9. The van der Waals surface area contributed by atoms with Crippen LogP contribution in [-0.2, 0) is 15.3 Å². The molecule has 2 saturated heterocycles. The normalized spacial score (nSPS) is 41.3. The summed E-state index contributed by atoms with van der Waals surface area (Å²) in [6.07, 6.45) is 4.31. The fourth-order valence-electron chi connectivity index (χ4n) is 5.26. The van der Waals surface area contributed by atoms with Gasteiger partial charge in [0.1, 0.15) is 0 Å². The fourth-order valence-corrected chi connectivity index (χ4v) is 5.26. The highest BCUT2D eigenvalue weighted by molar-refractivity contribution is 5.84. The highest BCUT2D eigenvalue weighted by Crippen LogP contribution is 2.61. The largest absolute Gasteiger partial charge is 0.351 e. The molecule has 3 fully saturated rings. The number of hydrogen-bond donors (Lipinski definition) is 0. The standard InChI is InChI=1S/C17H19NO2/c19-16-13-7-6-11-10-15(13)17(18(16)8-3-9-20-17)14-5-2-1-4-12(11)14/h1-2,4-5,11,13,15H,3,6-10H2/t11-,13+,15-,17+/m1/s1. The van der Waals surface area contributed by atoms with Crippen molar-refractivity contribution >= 4 is 5.91 Å². The van der Waals surface area contributed by atoms with Gasteiger partial charge >= 0.3 is 0 Å². The van der Waals surface area contributed by atoms with Gasteiger partial charge in [-0.05, 0) is 37.2 Å². The maximum atomic E-state index is 12.8. The summed E-state index contributed by atoms with van der Waals surface area (Å²) < 4.78 is 6.35. The first-order chi connectivity index (χ1) is 9.82. The zero-order chi connectivity index (χ0) is 13.3. The summed E-state index contributed by atoms with van der Waals surface area (Å²) >= 11 is 0. The number of rotatable bonds is 0. The van der Waals surface area contributed by atoms with Crippen molar-refractivity contribution in [1.29, 1.82) is 0 Å². The number of hydrogen-bond acceptors (Lipinski definition) is 2. The molecule has 20 heavy (non-hydrogen) atoms. The molecule has 1 amide bonds. The monoisotopic (exact) mass is 269 g/mol. The van der Waals surface area contributed by atoms with E-state index in [1.165, 1.54) is 11.1 Å². The lowest BCUT2D eigenvalue weighted by Crippen LogP contribution is -2.55. The number of ether oxygens (including phenoxy) is 1. The van der Waals surface area contributed by atoms with E-state index in [9.17, 15) is 4.79 Å². The van der Waals surface area contributed by atoms with Gasteiger partial charge < -0.3 is 9.64 Å². The van der Waals surface area contributed by atoms with Gasteiger partial charge in [-0.2, -0.15) is 0 Å². The molecule has 1 aromatic carbocycles. The molecule has 0 N–H and O–H groups in total. The number of carbonyl (C=O) groups excluding carboxylic acids is 1. The Kier molecular flexibility index (Phi) is 2.06. The summed E-state index contributed by atoms with van der Waals surface area (Å²) in [6, 6.07) is 8.69. The van der Waals surface area contributed by atoms with Crippen molar-refractivity contribution in [3.63, 3.8) is 0 Å². The molecule has 104 valence electrons. The van der Waals surface area contributed by atoms with Crippen molar-refractivity contribution in [2.24, 2.45) is 11.8 Å². The summed E-state index contributed by atoms with van der Waals surface area (Å²) in [7, 11) is 0. The summed E-state index contributed by atoms with van der Waals surface area (Å²) in [5.74, 6) is 1.57. The predicted octanol–water partition coefficient (Wildman–Crippen LogP) is 2.62. The molecule has 3 nitrogen and oxygen atoms in total. The average molecular weight is 269 g/mol. The van der Waals surface area contributed by atoms with Gasteiger partial charge in [0.15, 0.2) is 5.72 Å². The maximum absolute atomic E-state index is 12.8. The van der Waals surface area contributed by atoms with Crippen LogP contribution >= 0.6 is 0 Å². The molecule has 3 heteroatoms. The maximum Gasteiger partial charge on any atom is 0.228 e. The molecule has 4 atom stereocenters. The van der Waals surface area contributed by atoms with Crippen molar-refractivity contribution < 1.29 is 9.53 Å². The van der Waals surface area contributed by atoms with Gasteiger partial charge in [0, 0.05) is 23.9 Å². The Balaban J connectivity index is 1.81.